The second kappa shape index (κ2) is 11.8. The van der Waals surface area contributed by atoms with Gasteiger partial charge in [0.2, 0.25) is 15.9 Å². The van der Waals surface area contributed by atoms with Gasteiger partial charge in [-0.3, -0.25) is 9.36 Å². The maximum absolute atomic E-state index is 13.0. The van der Waals surface area contributed by atoms with Crippen LogP contribution in [0, 0.1) is 0 Å². The fourth-order valence-corrected chi connectivity index (χ4v) is 6.36. The highest BCUT2D eigenvalue weighted by atomic mass is 79.9. The number of nitrogens with zero attached hydrogens (tertiary/aromatic N) is 4. The number of amides is 1. The first kappa shape index (κ1) is 26.6. The molecule has 1 aliphatic heterocycles. The van der Waals surface area contributed by atoms with Gasteiger partial charge in [0.25, 0.3) is 0 Å². The Kier molecular flexibility index (Phi) is 8.24. The predicted molar refractivity (Wildman–Crippen MR) is 150 cm³/mol. The van der Waals surface area contributed by atoms with Crippen LogP contribution in [0.5, 0.6) is 0 Å². The van der Waals surface area contributed by atoms with Crippen LogP contribution in [0.15, 0.2) is 93.4 Å². The van der Waals surface area contributed by atoms with E-state index >= 15 is 0 Å². The van der Waals surface area contributed by atoms with Gasteiger partial charge in [-0.25, -0.2) is 8.42 Å². The van der Waals surface area contributed by atoms with E-state index in [4.69, 9.17) is 4.74 Å². The van der Waals surface area contributed by atoms with Crippen molar-refractivity contribution in [2.24, 2.45) is 0 Å². The maximum Gasteiger partial charge on any atom is 0.243 e. The smallest absolute Gasteiger partial charge is 0.243 e. The van der Waals surface area contributed by atoms with E-state index in [2.05, 4.69) is 31.4 Å². The van der Waals surface area contributed by atoms with Gasteiger partial charge in [-0.2, -0.15) is 4.31 Å². The SMILES string of the molecule is O=C(CSc1nnc(-c2ccc(S(=O)(=O)N3CCOCC3)cc2)n1-c1ccccc1)Nc1ccc(Br)cc1. The van der Waals surface area contributed by atoms with E-state index in [-0.39, 0.29) is 16.6 Å². The molecule has 38 heavy (non-hydrogen) atoms. The zero-order valence-corrected chi connectivity index (χ0v) is 23.4. The van der Waals surface area contributed by atoms with Gasteiger partial charge in [0.15, 0.2) is 11.0 Å². The third kappa shape index (κ3) is 6.00. The highest BCUT2D eigenvalue weighted by molar-refractivity contribution is 9.10. The molecule has 1 aliphatic rings. The zero-order chi connectivity index (χ0) is 26.5. The van der Waals surface area contributed by atoms with E-state index < -0.39 is 10.0 Å². The van der Waals surface area contributed by atoms with Gasteiger partial charge >= 0.3 is 0 Å². The number of thioether (sulfide) groups is 1. The number of ether oxygens (including phenoxy) is 1. The summed E-state index contributed by atoms with van der Waals surface area (Å²) < 4.78 is 35.5. The van der Waals surface area contributed by atoms with Crippen molar-refractivity contribution < 1.29 is 17.9 Å². The average Bonchev–Trinajstić information content (AvgIpc) is 3.38. The van der Waals surface area contributed by atoms with Crippen LogP contribution < -0.4 is 5.32 Å². The third-order valence-corrected chi connectivity index (χ3v) is 9.20. The highest BCUT2D eigenvalue weighted by Gasteiger charge is 2.26. The Labute approximate surface area is 233 Å². The van der Waals surface area contributed by atoms with E-state index in [1.165, 1.54) is 16.1 Å². The molecule has 1 N–H and O–H groups in total. The summed E-state index contributed by atoms with van der Waals surface area (Å²) in [5, 5.41) is 12.2. The lowest BCUT2D eigenvalue weighted by molar-refractivity contribution is -0.113. The van der Waals surface area contributed by atoms with E-state index in [1.807, 2.05) is 59.2 Å². The molecule has 2 heterocycles. The summed E-state index contributed by atoms with van der Waals surface area (Å²) in [6.07, 6.45) is 0. The Bertz CT molecular complexity index is 1510. The summed E-state index contributed by atoms with van der Waals surface area (Å²) in [6.45, 7) is 1.45. The van der Waals surface area contributed by atoms with Crippen molar-refractivity contribution in [3.63, 3.8) is 0 Å². The molecule has 1 saturated heterocycles. The number of hydrogen-bond donors (Lipinski definition) is 1. The van der Waals surface area contributed by atoms with E-state index in [1.54, 1.807) is 24.3 Å². The predicted octanol–water partition coefficient (Wildman–Crippen LogP) is 4.45. The van der Waals surface area contributed by atoms with E-state index in [0.29, 0.717) is 48.5 Å². The second-order valence-corrected chi connectivity index (χ2v) is 12.2. The van der Waals surface area contributed by atoms with Crippen LogP contribution in [0.2, 0.25) is 0 Å². The lowest BCUT2D eigenvalue weighted by Crippen LogP contribution is -2.40. The van der Waals surface area contributed by atoms with Gasteiger partial charge in [-0.05, 0) is 60.7 Å². The largest absolute Gasteiger partial charge is 0.379 e. The number of hydrogen-bond acceptors (Lipinski definition) is 7. The average molecular weight is 615 g/mol. The van der Waals surface area contributed by atoms with Gasteiger partial charge in [0.1, 0.15) is 0 Å². The van der Waals surface area contributed by atoms with Gasteiger partial charge in [-0.1, -0.05) is 45.9 Å². The number of para-hydroxylation sites is 1. The summed E-state index contributed by atoms with van der Waals surface area (Å²) in [5.74, 6) is 0.513. The molecule has 0 unspecified atom stereocenters. The van der Waals surface area contributed by atoms with Crippen LogP contribution in [-0.4, -0.2) is 65.5 Å². The number of carbonyl (C=O) groups excluding carboxylic acids is 1. The maximum atomic E-state index is 13.0. The topological polar surface area (TPSA) is 106 Å². The molecule has 196 valence electrons. The minimum Gasteiger partial charge on any atom is -0.379 e. The van der Waals surface area contributed by atoms with Crippen molar-refractivity contribution in [3.8, 4) is 17.1 Å². The number of nitrogens with one attached hydrogen (secondary N) is 1. The van der Waals surface area contributed by atoms with Gasteiger partial charge in [0, 0.05) is 34.5 Å². The van der Waals surface area contributed by atoms with Crippen LogP contribution >= 0.6 is 27.7 Å². The molecule has 3 aromatic carbocycles. The molecule has 0 saturated carbocycles. The molecule has 0 spiro atoms. The van der Waals surface area contributed by atoms with Crippen LogP contribution in [0.3, 0.4) is 0 Å². The molecule has 9 nitrogen and oxygen atoms in total. The minimum atomic E-state index is -3.61. The van der Waals surface area contributed by atoms with Crippen molar-refractivity contribution >= 4 is 49.3 Å². The van der Waals surface area contributed by atoms with Crippen LogP contribution in [-0.2, 0) is 19.6 Å². The van der Waals surface area contributed by atoms with Crippen molar-refractivity contribution in [3.05, 3.63) is 83.3 Å². The number of morpholine rings is 1. The summed E-state index contributed by atoms with van der Waals surface area (Å²) in [6, 6.07) is 23.6. The Morgan fingerprint density at radius 3 is 2.32 bits per heavy atom. The molecule has 0 aliphatic carbocycles. The fraction of sp³-hybridized carbons (Fsp3) is 0.192. The van der Waals surface area contributed by atoms with Crippen molar-refractivity contribution in [1.29, 1.82) is 0 Å². The van der Waals surface area contributed by atoms with E-state index in [9.17, 15) is 13.2 Å². The Morgan fingerprint density at radius 2 is 1.63 bits per heavy atom. The molecular formula is C26H24BrN5O4S2. The molecular weight excluding hydrogens is 590 g/mol. The molecule has 4 aromatic rings. The number of anilines is 1. The monoisotopic (exact) mass is 613 g/mol. The first-order valence-corrected chi connectivity index (χ1v) is 15.0. The number of halogens is 1. The van der Waals surface area contributed by atoms with Crippen molar-refractivity contribution in [2.75, 3.05) is 37.4 Å². The van der Waals surface area contributed by atoms with Gasteiger partial charge < -0.3 is 10.1 Å². The minimum absolute atomic E-state index is 0.137. The van der Waals surface area contributed by atoms with Crippen molar-refractivity contribution in [1.82, 2.24) is 19.1 Å². The van der Waals surface area contributed by atoms with Gasteiger partial charge in [-0.15, -0.1) is 10.2 Å². The molecule has 5 rings (SSSR count). The fourth-order valence-electron chi connectivity index (χ4n) is 3.93. The first-order chi connectivity index (χ1) is 18.4. The molecule has 0 radical (unpaired) electrons. The Balaban J connectivity index is 1.38. The molecule has 1 fully saturated rings. The quantitative estimate of drug-likeness (QED) is 0.293. The molecule has 0 bridgehead atoms. The molecule has 0 atom stereocenters. The standard InChI is InChI=1S/C26H24BrN5O4S2/c27-20-8-10-21(11-9-20)28-24(33)18-37-26-30-29-25(32(26)22-4-2-1-3-5-22)19-6-12-23(13-7-19)38(34,35)31-14-16-36-17-15-31/h1-13H,14-18H2,(H,28,33). The third-order valence-electron chi connectivity index (χ3n) is 5.83. The number of sulfonamides is 1. The van der Waals surface area contributed by atoms with Crippen LogP contribution in [0.25, 0.3) is 17.1 Å². The molecule has 1 aromatic heterocycles. The normalized spacial score (nSPS) is 14.3. The Hall–Kier alpha value is -3.03. The van der Waals surface area contributed by atoms with Crippen molar-refractivity contribution in [2.45, 2.75) is 10.1 Å². The first-order valence-electron chi connectivity index (χ1n) is 11.8. The highest BCUT2D eigenvalue weighted by Crippen LogP contribution is 2.29. The summed E-state index contributed by atoms with van der Waals surface area (Å²) >= 11 is 4.65. The second-order valence-electron chi connectivity index (χ2n) is 8.36. The van der Waals surface area contributed by atoms with E-state index in [0.717, 1.165) is 10.2 Å². The van der Waals surface area contributed by atoms with Crippen LogP contribution in [0.1, 0.15) is 0 Å². The molecule has 12 heteroatoms. The van der Waals surface area contributed by atoms with Gasteiger partial charge in [0.05, 0.1) is 23.9 Å². The lowest BCUT2D eigenvalue weighted by atomic mass is 10.2. The zero-order valence-electron chi connectivity index (χ0n) is 20.2. The van der Waals surface area contributed by atoms with Crippen LogP contribution in [0.4, 0.5) is 5.69 Å². The number of benzene rings is 3. The molecule has 1 amide bonds. The summed E-state index contributed by atoms with van der Waals surface area (Å²) in [4.78, 5) is 12.8. The summed E-state index contributed by atoms with van der Waals surface area (Å²) in [7, 11) is -3.61. The number of rotatable bonds is 8. The number of aromatic nitrogens is 3. The number of carbonyl (C=O) groups is 1. The lowest BCUT2D eigenvalue weighted by Gasteiger charge is -2.26. The Morgan fingerprint density at radius 1 is 0.947 bits per heavy atom. The summed E-state index contributed by atoms with van der Waals surface area (Å²) in [5.41, 5.74) is 2.23.